The molecule has 106 valence electrons. The minimum atomic E-state index is -0.868. The average Bonchev–Trinajstić information content (AvgIpc) is 2.31. The third-order valence-corrected chi connectivity index (χ3v) is 4.48. The molecule has 5 heteroatoms. The molecule has 0 radical (unpaired) electrons. The number of rotatable bonds is 2. The van der Waals surface area contributed by atoms with Crippen LogP contribution in [0.2, 0.25) is 5.02 Å². The van der Waals surface area contributed by atoms with E-state index < -0.39 is 11.0 Å². The topological polar surface area (TPSA) is 55.4 Å². The molecule has 1 spiro atoms. The summed E-state index contributed by atoms with van der Waals surface area (Å²) in [7, 11) is 0. The van der Waals surface area contributed by atoms with Crippen molar-refractivity contribution in [2.45, 2.75) is 31.2 Å². The SMILES string of the molecule is CC(=O)CC1(C)C(=O)NC2(COC2)c2ccc(Cl)cc21. The summed E-state index contributed by atoms with van der Waals surface area (Å²) >= 11 is 6.09. The predicted molar refractivity (Wildman–Crippen MR) is 74.7 cm³/mol. The van der Waals surface area contributed by atoms with E-state index in [4.69, 9.17) is 16.3 Å². The van der Waals surface area contributed by atoms with Crippen LogP contribution in [0, 0.1) is 0 Å². The van der Waals surface area contributed by atoms with E-state index in [2.05, 4.69) is 5.32 Å². The molecule has 1 saturated heterocycles. The van der Waals surface area contributed by atoms with E-state index in [1.165, 1.54) is 6.92 Å². The summed E-state index contributed by atoms with van der Waals surface area (Å²) in [4.78, 5) is 24.1. The second-order valence-electron chi connectivity index (χ2n) is 5.93. The van der Waals surface area contributed by atoms with Gasteiger partial charge < -0.3 is 10.1 Å². The lowest BCUT2D eigenvalue weighted by atomic mass is 9.67. The summed E-state index contributed by atoms with van der Waals surface area (Å²) in [5.74, 6) is -0.153. The van der Waals surface area contributed by atoms with E-state index >= 15 is 0 Å². The van der Waals surface area contributed by atoms with E-state index in [0.717, 1.165) is 11.1 Å². The van der Waals surface area contributed by atoms with Crippen LogP contribution < -0.4 is 5.32 Å². The number of halogens is 1. The summed E-state index contributed by atoms with van der Waals surface area (Å²) in [6.45, 7) is 4.22. The lowest BCUT2D eigenvalue weighted by Gasteiger charge is -2.50. The number of nitrogens with one attached hydrogen (secondary N) is 1. The predicted octanol–water partition coefficient (Wildman–Crippen LogP) is 1.93. The number of hydrogen-bond acceptors (Lipinski definition) is 3. The number of ketones is 1. The van der Waals surface area contributed by atoms with Crippen LogP contribution in [0.3, 0.4) is 0 Å². The first-order chi connectivity index (χ1) is 9.37. The first kappa shape index (κ1) is 13.6. The van der Waals surface area contributed by atoms with Crippen molar-refractivity contribution in [1.29, 1.82) is 0 Å². The van der Waals surface area contributed by atoms with Gasteiger partial charge in [-0.25, -0.2) is 0 Å². The van der Waals surface area contributed by atoms with Gasteiger partial charge in [0.05, 0.1) is 18.6 Å². The highest BCUT2D eigenvalue weighted by Crippen LogP contribution is 2.44. The second-order valence-corrected chi connectivity index (χ2v) is 6.37. The van der Waals surface area contributed by atoms with Crippen LogP contribution in [0.4, 0.5) is 0 Å². The molecule has 0 aliphatic carbocycles. The lowest BCUT2D eigenvalue weighted by molar-refractivity contribution is -0.144. The summed E-state index contributed by atoms with van der Waals surface area (Å²) in [5.41, 5.74) is 0.531. The average molecular weight is 294 g/mol. The number of benzene rings is 1. The van der Waals surface area contributed by atoms with Crippen molar-refractivity contribution in [1.82, 2.24) is 5.32 Å². The van der Waals surface area contributed by atoms with Gasteiger partial charge in [-0.1, -0.05) is 17.7 Å². The Balaban J connectivity index is 2.19. The zero-order valence-corrected chi connectivity index (χ0v) is 12.2. The summed E-state index contributed by atoms with van der Waals surface area (Å²) in [5, 5.41) is 3.61. The molecule has 0 aromatic heterocycles. The van der Waals surface area contributed by atoms with Crippen molar-refractivity contribution in [2.75, 3.05) is 13.2 Å². The molecule has 20 heavy (non-hydrogen) atoms. The fourth-order valence-electron chi connectivity index (χ4n) is 3.14. The Hall–Kier alpha value is -1.39. The van der Waals surface area contributed by atoms with E-state index in [1.54, 1.807) is 13.0 Å². The Morgan fingerprint density at radius 1 is 1.40 bits per heavy atom. The highest BCUT2D eigenvalue weighted by Gasteiger charge is 2.53. The molecule has 1 aromatic carbocycles. The molecule has 3 rings (SSSR count). The van der Waals surface area contributed by atoms with Gasteiger partial charge in [-0.05, 0) is 37.1 Å². The largest absolute Gasteiger partial charge is 0.376 e. The number of fused-ring (bicyclic) bond motifs is 2. The number of amides is 1. The van der Waals surface area contributed by atoms with Gasteiger partial charge in [0.2, 0.25) is 5.91 Å². The van der Waals surface area contributed by atoms with E-state index in [0.29, 0.717) is 18.2 Å². The maximum Gasteiger partial charge on any atom is 0.231 e. The van der Waals surface area contributed by atoms with Gasteiger partial charge in [-0.3, -0.25) is 9.59 Å². The van der Waals surface area contributed by atoms with Gasteiger partial charge in [0.25, 0.3) is 0 Å². The minimum Gasteiger partial charge on any atom is -0.376 e. The van der Waals surface area contributed by atoms with Gasteiger partial charge in [0, 0.05) is 11.4 Å². The molecule has 1 amide bonds. The van der Waals surface area contributed by atoms with Crippen LogP contribution in [-0.2, 0) is 25.3 Å². The third-order valence-electron chi connectivity index (χ3n) is 4.25. The Morgan fingerprint density at radius 3 is 2.65 bits per heavy atom. The normalized spacial score (nSPS) is 26.6. The molecule has 0 bridgehead atoms. The maximum absolute atomic E-state index is 12.6. The van der Waals surface area contributed by atoms with Gasteiger partial charge >= 0.3 is 0 Å². The molecule has 4 nitrogen and oxygen atoms in total. The van der Waals surface area contributed by atoms with Gasteiger partial charge in [-0.2, -0.15) is 0 Å². The molecule has 2 heterocycles. The standard InChI is InChI=1S/C15H16ClNO3/c1-9(18)6-14(2)12-5-10(16)3-4-11(12)15(7-20-8-15)17-13(14)19/h3-5H,6-8H2,1-2H3,(H,17,19). The molecular weight excluding hydrogens is 278 g/mol. The molecule has 2 aliphatic rings. The molecule has 2 aliphatic heterocycles. The van der Waals surface area contributed by atoms with Crippen molar-refractivity contribution in [2.24, 2.45) is 0 Å². The Bertz CT molecular complexity index is 609. The Kier molecular flexibility index (Phi) is 2.92. The van der Waals surface area contributed by atoms with E-state index in [-0.39, 0.29) is 18.1 Å². The molecule has 1 atom stereocenters. The maximum atomic E-state index is 12.6. The monoisotopic (exact) mass is 293 g/mol. The first-order valence-corrected chi connectivity index (χ1v) is 6.95. The number of Topliss-reactive ketones (excluding diaryl/α,β-unsaturated/α-hetero) is 1. The van der Waals surface area contributed by atoms with Crippen molar-refractivity contribution in [3.05, 3.63) is 34.3 Å². The van der Waals surface area contributed by atoms with Gasteiger partial charge in [-0.15, -0.1) is 0 Å². The van der Waals surface area contributed by atoms with Crippen LogP contribution in [0.25, 0.3) is 0 Å². The molecule has 0 saturated carbocycles. The molecule has 1 aromatic rings. The second kappa shape index (κ2) is 4.30. The van der Waals surface area contributed by atoms with Crippen molar-refractivity contribution >= 4 is 23.3 Å². The fraction of sp³-hybridized carbons (Fsp3) is 0.467. The highest BCUT2D eigenvalue weighted by atomic mass is 35.5. The Morgan fingerprint density at radius 2 is 2.10 bits per heavy atom. The van der Waals surface area contributed by atoms with E-state index in [1.807, 2.05) is 12.1 Å². The van der Waals surface area contributed by atoms with E-state index in [9.17, 15) is 9.59 Å². The van der Waals surface area contributed by atoms with Crippen molar-refractivity contribution in [3.63, 3.8) is 0 Å². The van der Waals surface area contributed by atoms with Gasteiger partial charge in [0.15, 0.2) is 0 Å². The third kappa shape index (κ3) is 1.79. The zero-order chi connectivity index (χ0) is 14.5. The summed E-state index contributed by atoms with van der Waals surface area (Å²) in [6.07, 6.45) is 0.170. The quantitative estimate of drug-likeness (QED) is 0.906. The van der Waals surface area contributed by atoms with Crippen molar-refractivity contribution in [3.8, 4) is 0 Å². The number of ether oxygens (including phenoxy) is 1. The van der Waals surface area contributed by atoms with Crippen LogP contribution in [0.1, 0.15) is 31.4 Å². The van der Waals surface area contributed by atoms with Crippen LogP contribution >= 0.6 is 11.6 Å². The summed E-state index contributed by atoms with van der Waals surface area (Å²) < 4.78 is 5.29. The summed E-state index contributed by atoms with van der Waals surface area (Å²) in [6, 6.07) is 5.54. The fourth-order valence-corrected chi connectivity index (χ4v) is 3.31. The van der Waals surface area contributed by atoms with Gasteiger partial charge in [0.1, 0.15) is 11.3 Å². The molecule has 1 N–H and O–H groups in total. The van der Waals surface area contributed by atoms with Crippen LogP contribution in [0.5, 0.6) is 0 Å². The van der Waals surface area contributed by atoms with Crippen LogP contribution in [-0.4, -0.2) is 24.9 Å². The smallest absolute Gasteiger partial charge is 0.231 e. The molecular formula is C15H16ClNO3. The highest BCUT2D eigenvalue weighted by molar-refractivity contribution is 6.30. The number of carbonyl (C=O) groups excluding carboxylic acids is 2. The van der Waals surface area contributed by atoms with Crippen LogP contribution in [0.15, 0.2) is 18.2 Å². The van der Waals surface area contributed by atoms with Crippen molar-refractivity contribution < 1.29 is 14.3 Å². The zero-order valence-electron chi connectivity index (χ0n) is 11.5. The number of hydrogen-bond donors (Lipinski definition) is 1. The lowest BCUT2D eigenvalue weighted by Crippen LogP contribution is -2.66. The minimum absolute atomic E-state index is 0.0191. The number of carbonyl (C=O) groups is 2. The molecule has 1 unspecified atom stereocenters. The first-order valence-electron chi connectivity index (χ1n) is 6.58. The molecule has 1 fully saturated rings. The Labute approximate surface area is 122 Å².